The first-order valence-corrected chi connectivity index (χ1v) is 12.2. The maximum absolute atomic E-state index is 12.6. The van der Waals surface area contributed by atoms with E-state index in [4.69, 9.17) is 5.10 Å². The third-order valence-electron chi connectivity index (χ3n) is 7.11. The van der Waals surface area contributed by atoms with Gasteiger partial charge in [-0.2, -0.15) is 5.10 Å². The fraction of sp³-hybridized carbons (Fsp3) is 0.500. The summed E-state index contributed by atoms with van der Waals surface area (Å²) in [5.74, 6) is 0.828. The average Bonchev–Trinajstić information content (AvgIpc) is 2.83. The summed E-state index contributed by atoms with van der Waals surface area (Å²) in [5, 5.41) is 20.1. The van der Waals surface area contributed by atoms with Gasteiger partial charge < -0.3 is 15.3 Å². The molecule has 0 amide bonds. The van der Waals surface area contributed by atoms with Crippen LogP contribution in [0.3, 0.4) is 0 Å². The molecule has 0 spiro atoms. The van der Waals surface area contributed by atoms with Crippen LogP contribution in [0.15, 0.2) is 47.3 Å². The Morgan fingerprint density at radius 2 is 1.88 bits per heavy atom. The normalized spacial score (nSPS) is 23.6. The average molecular weight is 448 g/mol. The maximum Gasteiger partial charge on any atom is 0.267 e. The van der Waals surface area contributed by atoms with Crippen LogP contribution in [0.25, 0.3) is 10.9 Å². The number of aliphatic hydroxyl groups excluding tert-OH is 1. The van der Waals surface area contributed by atoms with Crippen LogP contribution >= 0.6 is 0 Å². The molecule has 3 unspecified atom stereocenters. The first-order valence-electron chi connectivity index (χ1n) is 12.2. The third-order valence-corrected chi connectivity index (χ3v) is 7.11. The number of anilines is 2. The SMILES string of the molecule is Cc1cc(NCC2CCCCN2c2ccc(=O)n(C3CCCCC3O)n2)c2ccccc2n1. The van der Waals surface area contributed by atoms with Gasteiger partial charge in [-0.15, -0.1) is 0 Å². The number of aromatic nitrogens is 3. The second-order valence-corrected chi connectivity index (χ2v) is 9.45. The summed E-state index contributed by atoms with van der Waals surface area (Å²) in [5.41, 5.74) is 2.97. The Morgan fingerprint density at radius 1 is 1.06 bits per heavy atom. The van der Waals surface area contributed by atoms with Gasteiger partial charge in [0.05, 0.1) is 17.7 Å². The maximum atomic E-state index is 12.6. The highest BCUT2D eigenvalue weighted by molar-refractivity contribution is 5.91. The van der Waals surface area contributed by atoms with Crippen molar-refractivity contribution in [2.24, 2.45) is 0 Å². The number of hydrogen-bond acceptors (Lipinski definition) is 6. The zero-order chi connectivity index (χ0) is 22.8. The van der Waals surface area contributed by atoms with Crippen LogP contribution in [0.2, 0.25) is 0 Å². The number of fused-ring (bicyclic) bond motifs is 1. The Labute approximate surface area is 194 Å². The van der Waals surface area contributed by atoms with Gasteiger partial charge in [0.15, 0.2) is 0 Å². The summed E-state index contributed by atoms with van der Waals surface area (Å²) >= 11 is 0. The number of pyridine rings is 1. The molecule has 0 bridgehead atoms. The molecular formula is C26H33N5O2. The lowest BCUT2D eigenvalue weighted by Gasteiger charge is -2.37. The third kappa shape index (κ3) is 4.60. The van der Waals surface area contributed by atoms with Gasteiger partial charge in [-0.25, -0.2) is 4.68 Å². The highest BCUT2D eigenvalue weighted by Crippen LogP contribution is 2.29. The quantitative estimate of drug-likeness (QED) is 0.614. The molecule has 3 atom stereocenters. The Morgan fingerprint density at radius 3 is 2.76 bits per heavy atom. The molecule has 3 aromatic rings. The first kappa shape index (κ1) is 21.9. The number of para-hydroxylation sites is 1. The van der Waals surface area contributed by atoms with Crippen LogP contribution in [0.1, 0.15) is 56.7 Å². The minimum atomic E-state index is -0.499. The Kier molecular flexibility index (Phi) is 6.31. The molecule has 2 aliphatic rings. The minimum absolute atomic E-state index is 0.130. The van der Waals surface area contributed by atoms with Gasteiger partial charge >= 0.3 is 0 Å². The van der Waals surface area contributed by atoms with Crippen molar-refractivity contribution in [2.75, 3.05) is 23.3 Å². The van der Waals surface area contributed by atoms with Crippen LogP contribution < -0.4 is 15.8 Å². The largest absolute Gasteiger partial charge is 0.391 e. The molecule has 174 valence electrons. The van der Waals surface area contributed by atoms with Crippen molar-refractivity contribution in [3.63, 3.8) is 0 Å². The topological polar surface area (TPSA) is 83.3 Å². The monoisotopic (exact) mass is 447 g/mol. The van der Waals surface area contributed by atoms with Crippen LogP contribution in [-0.4, -0.2) is 45.1 Å². The number of piperidine rings is 1. The van der Waals surface area contributed by atoms with Gasteiger partial charge in [0.2, 0.25) is 0 Å². The number of nitrogens with zero attached hydrogens (tertiary/aromatic N) is 4. The summed E-state index contributed by atoms with van der Waals surface area (Å²) in [6.07, 6.45) is 6.43. The van der Waals surface area contributed by atoms with E-state index in [1.165, 1.54) is 11.1 Å². The van der Waals surface area contributed by atoms with E-state index in [0.29, 0.717) is 0 Å². The van der Waals surface area contributed by atoms with Crippen molar-refractivity contribution in [1.82, 2.24) is 14.8 Å². The zero-order valence-corrected chi connectivity index (χ0v) is 19.3. The molecule has 1 saturated carbocycles. The molecule has 0 radical (unpaired) electrons. The summed E-state index contributed by atoms with van der Waals surface area (Å²) in [4.78, 5) is 19.6. The van der Waals surface area contributed by atoms with Crippen molar-refractivity contribution >= 4 is 22.4 Å². The lowest BCUT2D eigenvalue weighted by molar-refractivity contribution is 0.0669. The Hall–Kier alpha value is -2.93. The van der Waals surface area contributed by atoms with Crippen molar-refractivity contribution < 1.29 is 5.11 Å². The number of aryl methyl sites for hydroxylation is 1. The number of benzene rings is 1. The van der Waals surface area contributed by atoms with E-state index >= 15 is 0 Å². The predicted molar refractivity (Wildman–Crippen MR) is 132 cm³/mol. The van der Waals surface area contributed by atoms with Crippen molar-refractivity contribution in [2.45, 2.75) is 70.1 Å². The van der Waals surface area contributed by atoms with Crippen molar-refractivity contribution in [3.8, 4) is 0 Å². The van der Waals surface area contributed by atoms with Crippen molar-refractivity contribution in [3.05, 3.63) is 58.5 Å². The molecule has 2 aromatic heterocycles. The molecule has 33 heavy (non-hydrogen) atoms. The Bertz CT molecular complexity index is 1180. The summed E-state index contributed by atoms with van der Waals surface area (Å²) in [6, 6.07) is 13.8. The fourth-order valence-electron chi connectivity index (χ4n) is 5.38. The van der Waals surface area contributed by atoms with Gasteiger partial charge in [-0.3, -0.25) is 9.78 Å². The summed E-state index contributed by atoms with van der Waals surface area (Å²) in [6.45, 7) is 3.73. The van der Waals surface area contributed by atoms with E-state index in [2.05, 4.69) is 27.3 Å². The molecule has 7 nitrogen and oxygen atoms in total. The van der Waals surface area contributed by atoms with E-state index in [9.17, 15) is 9.90 Å². The van der Waals surface area contributed by atoms with Gasteiger partial charge in [-0.1, -0.05) is 31.0 Å². The molecule has 7 heteroatoms. The van der Waals surface area contributed by atoms with Gasteiger partial charge in [0.1, 0.15) is 5.82 Å². The molecule has 2 N–H and O–H groups in total. The molecule has 5 rings (SSSR count). The molecule has 1 saturated heterocycles. The highest BCUT2D eigenvalue weighted by atomic mass is 16.3. The number of rotatable bonds is 5. The number of aliphatic hydroxyl groups is 1. The van der Waals surface area contributed by atoms with E-state index < -0.39 is 6.10 Å². The smallest absolute Gasteiger partial charge is 0.267 e. The Balaban J connectivity index is 1.39. The summed E-state index contributed by atoms with van der Waals surface area (Å²) in [7, 11) is 0. The molecular weight excluding hydrogens is 414 g/mol. The van der Waals surface area contributed by atoms with E-state index in [1.54, 1.807) is 6.07 Å². The van der Waals surface area contributed by atoms with Crippen LogP contribution in [0.4, 0.5) is 11.5 Å². The zero-order valence-electron chi connectivity index (χ0n) is 19.3. The molecule has 2 fully saturated rings. The van der Waals surface area contributed by atoms with Gasteiger partial charge in [0, 0.05) is 42.0 Å². The summed E-state index contributed by atoms with van der Waals surface area (Å²) < 4.78 is 1.54. The lowest BCUT2D eigenvalue weighted by Crippen LogP contribution is -2.45. The molecule has 3 heterocycles. The molecule has 1 aromatic carbocycles. The minimum Gasteiger partial charge on any atom is -0.391 e. The second-order valence-electron chi connectivity index (χ2n) is 9.45. The second kappa shape index (κ2) is 9.51. The van der Waals surface area contributed by atoms with E-state index in [1.807, 2.05) is 31.2 Å². The fourth-order valence-corrected chi connectivity index (χ4v) is 5.38. The van der Waals surface area contributed by atoms with E-state index in [-0.39, 0.29) is 17.6 Å². The first-order chi connectivity index (χ1) is 16.1. The van der Waals surface area contributed by atoms with Gasteiger partial charge in [-0.05, 0) is 57.2 Å². The number of hydrogen-bond donors (Lipinski definition) is 2. The lowest BCUT2D eigenvalue weighted by atomic mass is 9.93. The van der Waals surface area contributed by atoms with Gasteiger partial charge in [0.25, 0.3) is 5.56 Å². The molecule has 1 aliphatic heterocycles. The van der Waals surface area contributed by atoms with Crippen LogP contribution in [-0.2, 0) is 0 Å². The number of nitrogens with one attached hydrogen (secondary N) is 1. The van der Waals surface area contributed by atoms with Crippen LogP contribution in [0, 0.1) is 6.92 Å². The van der Waals surface area contributed by atoms with Crippen molar-refractivity contribution in [1.29, 1.82) is 0 Å². The predicted octanol–water partition coefficient (Wildman–Crippen LogP) is 4.05. The van der Waals surface area contributed by atoms with Crippen LogP contribution in [0.5, 0.6) is 0 Å². The highest BCUT2D eigenvalue weighted by Gasteiger charge is 2.29. The standard InChI is InChI=1S/C26H33N5O2/c1-18-16-22(20-9-2-3-10-21(20)28-18)27-17-19-8-6-7-15-30(19)25-13-14-26(33)31(29-25)23-11-4-5-12-24(23)32/h2-3,9-10,13-14,16,19,23-24,32H,4-8,11-12,15,17H2,1H3,(H,27,28). The van der Waals surface area contributed by atoms with E-state index in [0.717, 1.165) is 79.7 Å². The molecule has 1 aliphatic carbocycles.